The summed E-state index contributed by atoms with van der Waals surface area (Å²) in [5.41, 5.74) is -0.879. The Morgan fingerprint density at radius 1 is 0.538 bits per heavy atom. The fourth-order valence-electron chi connectivity index (χ4n) is 5.38. The predicted octanol–water partition coefficient (Wildman–Crippen LogP) is 8.15. The van der Waals surface area contributed by atoms with Gasteiger partial charge < -0.3 is 9.47 Å². The van der Waals surface area contributed by atoms with E-state index in [1.165, 1.54) is 0 Å². The van der Waals surface area contributed by atoms with Gasteiger partial charge in [0.15, 0.2) is 0 Å². The number of fused-ring (bicyclic) bond motifs is 2. The van der Waals surface area contributed by atoms with Crippen molar-refractivity contribution < 1.29 is 19.1 Å². The van der Waals surface area contributed by atoms with E-state index in [0.29, 0.717) is 13.2 Å². The van der Waals surface area contributed by atoms with Crippen LogP contribution in [0.25, 0.3) is 21.5 Å². The lowest BCUT2D eigenvalue weighted by Crippen LogP contribution is -2.71. The lowest BCUT2D eigenvalue weighted by molar-refractivity contribution is 0.159. The van der Waals surface area contributed by atoms with Crippen molar-refractivity contribution in [2.75, 3.05) is 13.2 Å². The fraction of sp³-hybridized carbons (Fsp3) is 0.353. The highest BCUT2D eigenvalue weighted by Gasteiger charge is 2.58. The third-order valence-electron chi connectivity index (χ3n) is 7.46. The molecule has 39 heavy (non-hydrogen) atoms. The summed E-state index contributed by atoms with van der Waals surface area (Å²) in [6, 6.07) is 27.7. The molecular formula is C34H40O4Si. The van der Waals surface area contributed by atoms with Crippen molar-refractivity contribution in [1.82, 2.24) is 0 Å². The number of rotatable bonds is 14. The van der Waals surface area contributed by atoms with Crippen LogP contribution in [-0.2, 0) is 9.47 Å². The Balaban J connectivity index is 1.91. The molecule has 0 radical (unpaired) electrons. The molecule has 0 aliphatic heterocycles. The summed E-state index contributed by atoms with van der Waals surface area (Å²) < 4.78 is 12.1. The fourth-order valence-corrected chi connectivity index (χ4v) is 9.31. The van der Waals surface area contributed by atoms with E-state index < -0.39 is 19.3 Å². The Bertz CT molecular complexity index is 1280. The SMILES string of the molecule is CCCCCCOC(=O)[Si](C(=O)OCCCCCC)(c1cccc2ccccc12)c1cccc2ccccc12. The molecule has 0 unspecified atom stereocenters. The van der Waals surface area contributed by atoms with Crippen LogP contribution in [0.2, 0.25) is 0 Å². The lowest BCUT2D eigenvalue weighted by Gasteiger charge is -2.30. The smallest absolute Gasteiger partial charge is 0.372 e. The van der Waals surface area contributed by atoms with E-state index in [9.17, 15) is 9.59 Å². The van der Waals surface area contributed by atoms with Gasteiger partial charge in [-0.3, -0.25) is 9.59 Å². The molecule has 4 rings (SSSR count). The average molecular weight is 541 g/mol. The van der Waals surface area contributed by atoms with Crippen molar-refractivity contribution in [2.45, 2.75) is 65.2 Å². The van der Waals surface area contributed by atoms with Crippen molar-refractivity contribution in [3.8, 4) is 0 Å². The van der Waals surface area contributed by atoms with Crippen LogP contribution in [0, 0.1) is 0 Å². The standard InChI is InChI=1S/C34H40O4Si/c1-3-5-7-13-25-37-33(35)39(34(36)38-26-14-8-6-4-2,31-23-15-19-27-17-9-11-21-29(27)31)32-24-16-20-28-18-10-12-22-30(28)32/h9-12,15-24H,3-8,13-14,25-26H2,1-2H3. The predicted molar refractivity (Wildman–Crippen MR) is 164 cm³/mol. The monoisotopic (exact) mass is 540 g/mol. The van der Waals surface area contributed by atoms with Crippen LogP contribution < -0.4 is 10.4 Å². The molecule has 0 heterocycles. The number of hydrogen-bond donors (Lipinski definition) is 0. The van der Waals surface area contributed by atoms with E-state index >= 15 is 0 Å². The second-order valence-electron chi connectivity index (χ2n) is 10.2. The molecule has 0 saturated heterocycles. The highest BCUT2D eigenvalue weighted by atomic mass is 28.3. The lowest BCUT2D eigenvalue weighted by atomic mass is 10.1. The molecule has 0 saturated carbocycles. The van der Waals surface area contributed by atoms with Crippen LogP contribution in [0.15, 0.2) is 84.9 Å². The van der Waals surface area contributed by atoms with Gasteiger partial charge in [-0.05, 0) is 44.8 Å². The van der Waals surface area contributed by atoms with E-state index in [1.54, 1.807) is 0 Å². The molecule has 0 amide bonds. The highest BCUT2D eigenvalue weighted by molar-refractivity contribution is 7.38. The van der Waals surface area contributed by atoms with Crippen LogP contribution in [0.3, 0.4) is 0 Å². The number of carbonyl (C=O) groups excluding carboxylic acids is 2. The van der Waals surface area contributed by atoms with Crippen molar-refractivity contribution >= 4 is 51.2 Å². The number of hydrogen-bond acceptors (Lipinski definition) is 4. The van der Waals surface area contributed by atoms with E-state index in [2.05, 4.69) is 13.8 Å². The van der Waals surface area contributed by atoms with Crippen LogP contribution in [0.5, 0.6) is 0 Å². The molecule has 4 aromatic rings. The quantitative estimate of drug-likeness (QED) is 0.120. The summed E-state index contributed by atoms with van der Waals surface area (Å²) >= 11 is 0. The zero-order valence-corrected chi connectivity index (χ0v) is 24.3. The molecule has 0 aliphatic rings. The maximum absolute atomic E-state index is 14.5. The van der Waals surface area contributed by atoms with Gasteiger partial charge in [0.2, 0.25) is 0 Å². The zero-order valence-electron chi connectivity index (χ0n) is 23.3. The molecule has 0 spiro atoms. The number of carbonyl (C=O) groups is 2. The van der Waals surface area contributed by atoms with Crippen molar-refractivity contribution in [1.29, 1.82) is 0 Å². The summed E-state index contributed by atoms with van der Waals surface area (Å²) in [7, 11) is -3.94. The van der Waals surface area contributed by atoms with E-state index in [-0.39, 0.29) is 0 Å². The van der Waals surface area contributed by atoms with Gasteiger partial charge in [-0.25, -0.2) is 0 Å². The van der Waals surface area contributed by atoms with Crippen LogP contribution >= 0.6 is 0 Å². The van der Waals surface area contributed by atoms with Gasteiger partial charge in [0.25, 0.3) is 11.2 Å². The molecule has 5 heteroatoms. The van der Waals surface area contributed by atoms with Gasteiger partial charge in [-0.1, -0.05) is 137 Å². The molecule has 0 N–H and O–H groups in total. The third-order valence-corrected chi connectivity index (χ3v) is 11.5. The molecule has 0 aliphatic carbocycles. The van der Waals surface area contributed by atoms with Gasteiger partial charge in [-0.2, -0.15) is 0 Å². The summed E-state index contributed by atoms with van der Waals surface area (Å²) in [5, 5.41) is 5.22. The van der Waals surface area contributed by atoms with Crippen molar-refractivity contribution in [3.63, 3.8) is 0 Å². The molecule has 0 fully saturated rings. The first-order valence-corrected chi connectivity index (χ1v) is 16.5. The first-order chi connectivity index (χ1) is 19.1. The minimum atomic E-state index is -3.94. The van der Waals surface area contributed by atoms with E-state index in [4.69, 9.17) is 9.47 Å². The molecular weight excluding hydrogens is 500 g/mol. The maximum Gasteiger partial charge on any atom is 0.372 e. The Morgan fingerprint density at radius 3 is 1.38 bits per heavy atom. The largest absolute Gasteiger partial charge is 0.469 e. The van der Waals surface area contributed by atoms with Gasteiger partial charge in [0.1, 0.15) is 0 Å². The summed E-state index contributed by atoms with van der Waals surface area (Å²) in [4.78, 5) is 29.0. The normalized spacial score (nSPS) is 11.5. The van der Waals surface area contributed by atoms with Gasteiger partial charge in [-0.15, -0.1) is 0 Å². The minimum absolute atomic E-state index is 0.299. The van der Waals surface area contributed by atoms with E-state index in [1.807, 2.05) is 84.9 Å². The van der Waals surface area contributed by atoms with Gasteiger partial charge in [0, 0.05) is 0 Å². The Labute approximate surface area is 233 Å². The van der Waals surface area contributed by atoms with Gasteiger partial charge >= 0.3 is 8.07 Å². The average Bonchev–Trinajstić information content (AvgIpc) is 2.97. The number of ether oxygens (including phenoxy) is 2. The highest BCUT2D eigenvalue weighted by Crippen LogP contribution is 2.24. The summed E-state index contributed by atoms with van der Waals surface area (Å²) in [6.45, 7) is 4.91. The van der Waals surface area contributed by atoms with E-state index in [0.717, 1.165) is 83.3 Å². The Kier molecular flexibility index (Phi) is 10.3. The molecule has 204 valence electrons. The maximum atomic E-state index is 14.5. The van der Waals surface area contributed by atoms with Gasteiger partial charge in [0.05, 0.1) is 13.2 Å². The number of benzene rings is 4. The topological polar surface area (TPSA) is 52.6 Å². The molecule has 0 atom stereocenters. The summed E-state index contributed by atoms with van der Waals surface area (Å²) in [6.07, 6.45) is 7.92. The number of unbranched alkanes of at least 4 members (excludes halogenated alkanes) is 6. The van der Waals surface area contributed by atoms with Crippen LogP contribution in [0.4, 0.5) is 9.59 Å². The second-order valence-corrected chi connectivity index (χ2v) is 13.6. The molecule has 4 aromatic carbocycles. The Hall–Kier alpha value is -3.44. The minimum Gasteiger partial charge on any atom is -0.469 e. The first-order valence-electron chi connectivity index (χ1n) is 14.5. The summed E-state index contributed by atoms with van der Waals surface area (Å²) in [5.74, 6) is 0. The third kappa shape index (κ3) is 6.25. The van der Waals surface area contributed by atoms with Crippen LogP contribution in [-0.4, -0.2) is 32.5 Å². The van der Waals surface area contributed by atoms with Crippen molar-refractivity contribution in [2.24, 2.45) is 0 Å². The second kappa shape index (κ2) is 14.1. The first kappa shape index (κ1) is 28.6. The molecule has 0 aromatic heterocycles. The Morgan fingerprint density at radius 2 is 0.949 bits per heavy atom. The molecule has 4 nitrogen and oxygen atoms in total. The van der Waals surface area contributed by atoms with Crippen molar-refractivity contribution in [3.05, 3.63) is 84.9 Å². The molecule has 0 bridgehead atoms. The van der Waals surface area contributed by atoms with Crippen LogP contribution in [0.1, 0.15) is 65.2 Å². The zero-order chi connectivity index (χ0) is 27.5.